The third-order valence-corrected chi connectivity index (χ3v) is 2.26. The molecule has 0 radical (unpaired) electrons. The molecule has 2 N–H and O–H groups in total. The third-order valence-electron chi connectivity index (χ3n) is 2.26. The first-order valence-corrected chi connectivity index (χ1v) is 4.22. The van der Waals surface area contributed by atoms with Crippen molar-refractivity contribution >= 4 is 11.7 Å². The topological polar surface area (TPSA) is 72.1 Å². The van der Waals surface area contributed by atoms with Crippen molar-refractivity contribution in [3.8, 4) is 0 Å². The molecule has 1 amide bonds. The summed E-state index contributed by atoms with van der Waals surface area (Å²) in [7, 11) is 0. The van der Waals surface area contributed by atoms with Gasteiger partial charge in [0.05, 0.1) is 0 Å². The fourth-order valence-electron chi connectivity index (χ4n) is 1.44. The fourth-order valence-corrected chi connectivity index (χ4v) is 1.44. The van der Waals surface area contributed by atoms with Gasteiger partial charge in [0.25, 0.3) is 0 Å². The number of hydrogen-bond donors (Lipinski definition) is 1. The SMILES string of the molecule is NC(=O)C1CCN1c1cc(F)ncn1. The van der Waals surface area contributed by atoms with Crippen molar-refractivity contribution in [1.29, 1.82) is 0 Å². The zero-order chi connectivity index (χ0) is 10.1. The van der Waals surface area contributed by atoms with Gasteiger partial charge in [0.2, 0.25) is 11.9 Å². The summed E-state index contributed by atoms with van der Waals surface area (Å²) in [6, 6.07) is 0.832. The van der Waals surface area contributed by atoms with Crippen LogP contribution in [0.4, 0.5) is 10.2 Å². The second kappa shape index (κ2) is 3.21. The van der Waals surface area contributed by atoms with Gasteiger partial charge in [0, 0.05) is 12.6 Å². The van der Waals surface area contributed by atoms with E-state index >= 15 is 0 Å². The van der Waals surface area contributed by atoms with Crippen molar-refractivity contribution in [3.05, 3.63) is 18.3 Å². The highest BCUT2D eigenvalue weighted by Gasteiger charge is 2.33. The van der Waals surface area contributed by atoms with Gasteiger partial charge in [0.1, 0.15) is 18.2 Å². The van der Waals surface area contributed by atoms with Crippen molar-refractivity contribution in [2.24, 2.45) is 5.73 Å². The van der Waals surface area contributed by atoms with Crippen LogP contribution in [0.25, 0.3) is 0 Å². The number of anilines is 1. The molecule has 2 heterocycles. The van der Waals surface area contributed by atoms with Crippen LogP contribution in [0.3, 0.4) is 0 Å². The van der Waals surface area contributed by atoms with E-state index in [1.54, 1.807) is 4.90 Å². The number of amides is 1. The second-order valence-corrected chi connectivity index (χ2v) is 3.10. The van der Waals surface area contributed by atoms with Crippen LogP contribution in [-0.2, 0) is 4.79 Å². The number of aromatic nitrogens is 2. The predicted molar refractivity (Wildman–Crippen MR) is 46.9 cm³/mol. The Labute approximate surface area is 79.8 Å². The smallest absolute Gasteiger partial charge is 0.240 e. The Morgan fingerprint density at radius 2 is 2.43 bits per heavy atom. The maximum atomic E-state index is 12.7. The molecule has 0 aromatic carbocycles. The Morgan fingerprint density at radius 3 is 2.93 bits per heavy atom. The summed E-state index contributed by atoms with van der Waals surface area (Å²) in [6.07, 6.45) is 1.82. The first-order chi connectivity index (χ1) is 6.68. The molecule has 2 rings (SSSR count). The van der Waals surface area contributed by atoms with E-state index in [0.717, 1.165) is 6.33 Å². The number of halogens is 1. The molecule has 1 fully saturated rings. The molecule has 1 aromatic heterocycles. The Kier molecular flexibility index (Phi) is 2.03. The summed E-state index contributed by atoms with van der Waals surface area (Å²) in [5, 5.41) is 0. The largest absolute Gasteiger partial charge is 0.368 e. The first-order valence-electron chi connectivity index (χ1n) is 4.22. The first kappa shape index (κ1) is 8.86. The highest BCUT2D eigenvalue weighted by Crippen LogP contribution is 2.23. The zero-order valence-electron chi connectivity index (χ0n) is 7.35. The van der Waals surface area contributed by atoms with E-state index in [-0.39, 0.29) is 6.04 Å². The van der Waals surface area contributed by atoms with Gasteiger partial charge in [-0.2, -0.15) is 4.39 Å². The summed E-state index contributed by atoms with van der Waals surface area (Å²) in [5.74, 6) is -0.604. The van der Waals surface area contributed by atoms with Crippen LogP contribution in [0, 0.1) is 5.95 Å². The standard InChI is InChI=1S/C8H9FN4O/c9-6-3-7(12-4-11-6)13-2-1-5(13)8(10)14/h3-5H,1-2H2,(H2,10,14). The molecule has 1 aliphatic heterocycles. The number of nitrogens with two attached hydrogens (primary N) is 1. The lowest BCUT2D eigenvalue weighted by Gasteiger charge is -2.39. The van der Waals surface area contributed by atoms with E-state index < -0.39 is 11.9 Å². The summed E-state index contributed by atoms with van der Waals surface area (Å²) in [5.41, 5.74) is 5.15. The van der Waals surface area contributed by atoms with Gasteiger partial charge in [-0.1, -0.05) is 0 Å². The second-order valence-electron chi connectivity index (χ2n) is 3.10. The van der Waals surface area contributed by atoms with Gasteiger partial charge in [0.15, 0.2) is 0 Å². The monoisotopic (exact) mass is 196 g/mol. The number of hydrogen-bond acceptors (Lipinski definition) is 4. The van der Waals surface area contributed by atoms with Crippen LogP contribution in [0.15, 0.2) is 12.4 Å². The minimum Gasteiger partial charge on any atom is -0.368 e. The van der Waals surface area contributed by atoms with Crippen LogP contribution in [0.5, 0.6) is 0 Å². The van der Waals surface area contributed by atoms with Gasteiger partial charge in [-0.15, -0.1) is 0 Å². The maximum absolute atomic E-state index is 12.7. The van der Waals surface area contributed by atoms with E-state index in [9.17, 15) is 9.18 Å². The molecule has 74 valence electrons. The van der Waals surface area contributed by atoms with Crippen LogP contribution < -0.4 is 10.6 Å². The highest BCUT2D eigenvalue weighted by atomic mass is 19.1. The van der Waals surface area contributed by atoms with Gasteiger partial charge >= 0.3 is 0 Å². The van der Waals surface area contributed by atoms with Crippen molar-refractivity contribution in [2.75, 3.05) is 11.4 Å². The maximum Gasteiger partial charge on any atom is 0.240 e. The Balaban J connectivity index is 2.20. The molecule has 6 heteroatoms. The van der Waals surface area contributed by atoms with E-state index in [1.807, 2.05) is 0 Å². The van der Waals surface area contributed by atoms with Gasteiger partial charge in [-0.3, -0.25) is 4.79 Å². The molecule has 1 atom stereocenters. The van der Waals surface area contributed by atoms with Crippen LogP contribution >= 0.6 is 0 Å². The molecule has 1 aromatic rings. The predicted octanol–water partition coefficient (Wildman–Crippen LogP) is -0.320. The number of nitrogens with zero attached hydrogens (tertiary/aromatic N) is 3. The third kappa shape index (κ3) is 1.39. The summed E-state index contributed by atoms with van der Waals surface area (Å²) in [6.45, 7) is 0.671. The van der Waals surface area contributed by atoms with Crippen LogP contribution in [0.2, 0.25) is 0 Å². The van der Waals surface area contributed by atoms with E-state index in [1.165, 1.54) is 6.07 Å². The lowest BCUT2D eigenvalue weighted by Crippen LogP contribution is -2.55. The van der Waals surface area contributed by atoms with E-state index in [4.69, 9.17) is 5.73 Å². The zero-order valence-corrected chi connectivity index (χ0v) is 7.35. The molecule has 0 spiro atoms. The van der Waals surface area contributed by atoms with E-state index in [2.05, 4.69) is 9.97 Å². The minimum atomic E-state index is -0.606. The molecule has 14 heavy (non-hydrogen) atoms. The van der Waals surface area contributed by atoms with Crippen molar-refractivity contribution in [3.63, 3.8) is 0 Å². The molecular formula is C8H9FN4O. The van der Waals surface area contributed by atoms with Crippen molar-refractivity contribution in [2.45, 2.75) is 12.5 Å². The van der Waals surface area contributed by atoms with Crippen molar-refractivity contribution in [1.82, 2.24) is 9.97 Å². The molecule has 0 saturated carbocycles. The normalized spacial score (nSPS) is 20.4. The molecule has 1 aliphatic rings. The molecule has 0 bridgehead atoms. The Morgan fingerprint density at radius 1 is 1.64 bits per heavy atom. The molecule has 0 aliphatic carbocycles. The van der Waals surface area contributed by atoms with Gasteiger partial charge in [-0.25, -0.2) is 9.97 Å². The Hall–Kier alpha value is -1.72. The number of rotatable bonds is 2. The average Bonchev–Trinajstić information content (AvgIpc) is 2.00. The molecular weight excluding hydrogens is 187 g/mol. The molecule has 5 nitrogen and oxygen atoms in total. The number of carbonyl (C=O) groups excluding carboxylic acids is 1. The minimum absolute atomic E-state index is 0.357. The van der Waals surface area contributed by atoms with Crippen LogP contribution in [0.1, 0.15) is 6.42 Å². The van der Waals surface area contributed by atoms with Crippen molar-refractivity contribution < 1.29 is 9.18 Å². The summed E-state index contributed by atoms with van der Waals surface area (Å²) >= 11 is 0. The lowest BCUT2D eigenvalue weighted by atomic mass is 10.0. The highest BCUT2D eigenvalue weighted by molar-refractivity contribution is 5.85. The fraction of sp³-hybridized carbons (Fsp3) is 0.375. The van der Waals surface area contributed by atoms with Crippen LogP contribution in [-0.4, -0.2) is 28.5 Å². The van der Waals surface area contributed by atoms with Gasteiger partial charge < -0.3 is 10.6 Å². The van der Waals surface area contributed by atoms with E-state index in [0.29, 0.717) is 18.8 Å². The quantitative estimate of drug-likeness (QED) is 0.658. The average molecular weight is 196 g/mol. The van der Waals surface area contributed by atoms with Gasteiger partial charge in [-0.05, 0) is 6.42 Å². The molecule has 1 saturated heterocycles. The Bertz CT molecular complexity index is 370. The number of carbonyl (C=O) groups is 1. The summed E-state index contributed by atoms with van der Waals surface area (Å²) in [4.78, 5) is 19.7. The summed E-state index contributed by atoms with van der Waals surface area (Å²) < 4.78 is 12.7. The number of primary amides is 1. The lowest BCUT2D eigenvalue weighted by molar-refractivity contribution is -0.120. The molecule has 1 unspecified atom stereocenters.